The van der Waals surface area contributed by atoms with Crippen LogP contribution >= 0.6 is 0 Å². The summed E-state index contributed by atoms with van der Waals surface area (Å²) in [6.45, 7) is 5.72. The summed E-state index contributed by atoms with van der Waals surface area (Å²) in [5.74, 6) is 1.84. The molecule has 1 unspecified atom stereocenters. The Hall–Kier alpha value is -1.22. The van der Waals surface area contributed by atoms with E-state index in [9.17, 15) is 0 Å². The van der Waals surface area contributed by atoms with Gasteiger partial charge in [-0.3, -0.25) is 0 Å². The monoisotopic (exact) mass is 234 g/mol. The molecule has 2 aliphatic heterocycles. The van der Waals surface area contributed by atoms with Gasteiger partial charge in [0, 0.05) is 6.07 Å². The first-order chi connectivity index (χ1) is 8.12. The number of fused-ring (bicyclic) bond motifs is 1. The second-order valence-corrected chi connectivity index (χ2v) is 5.40. The van der Waals surface area contributed by atoms with Crippen molar-refractivity contribution in [3.05, 3.63) is 23.8 Å². The second-order valence-electron chi connectivity index (χ2n) is 5.40. The van der Waals surface area contributed by atoms with E-state index in [4.69, 9.17) is 14.2 Å². The predicted octanol–water partition coefficient (Wildman–Crippen LogP) is 2.57. The fourth-order valence-electron chi connectivity index (χ4n) is 2.06. The lowest BCUT2D eigenvalue weighted by molar-refractivity contribution is 0.0842. The van der Waals surface area contributed by atoms with Crippen molar-refractivity contribution < 1.29 is 14.2 Å². The molecule has 3 nitrogen and oxygen atoms in total. The quantitative estimate of drug-likeness (QED) is 0.753. The number of hydrogen-bond acceptors (Lipinski definition) is 3. The predicted molar refractivity (Wildman–Crippen MR) is 64.7 cm³/mol. The summed E-state index contributed by atoms with van der Waals surface area (Å²) in [5.41, 5.74) is 1.21. The third kappa shape index (κ3) is 2.55. The highest BCUT2D eigenvalue weighted by Crippen LogP contribution is 2.35. The van der Waals surface area contributed by atoms with Gasteiger partial charge in [-0.25, -0.2) is 0 Å². The maximum absolute atomic E-state index is 5.97. The molecule has 1 aromatic carbocycles. The number of epoxide rings is 1. The molecule has 0 aromatic heterocycles. The Morgan fingerprint density at radius 3 is 3.00 bits per heavy atom. The average molecular weight is 234 g/mol. The summed E-state index contributed by atoms with van der Waals surface area (Å²) in [6.07, 6.45) is 2.44. The standard InChI is InChI=1S/C14H18O3/c1-14(2)6-5-10-3-4-11(7-13(10)17-14)15-8-12-9-16-12/h3-4,7,12H,5-6,8-9H2,1-2H3. The Morgan fingerprint density at radius 1 is 1.41 bits per heavy atom. The summed E-state index contributed by atoms with van der Waals surface area (Å²) < 4.78 is 16.7. The first kappa shape index (κ1) is 10.9. The Kier molecular flexibility index (Phi) is 2.51. The van der Waals surface area contributed by atoms with Crippen LogP contribution in [0.25, 0.3) is 0 Å². The fourth-order valence-corrected chi connectivity index (χ4v) is 2.06. The highest BCUT2D eigenvalue weighted by Gasteiger charge is 2.27. The Bertz CT molecular complexity index is 421. The molecule has 92 valence electrons. The molecule has 1 fully saturated rings. The van der Waals surface area contributed by atoms with E-state index in [1.54, 1.807) is 0 Å². The molecule has 1 atom stereocenters. The van der Waals surface area contributed by atoms with E-state index in [0.717, 1.165) is 30.9 Å². The van der Waals surface area contributed by atoms with Crippen LogP contribution in [0.5, 0.6) is 11.5 Å². The molecule has 17 heavy (non-hydrogen) atoms. The molecule has 3 rings (SSSR count). The van der Waals surface area contributed by atoms with Crippen LogP contribution in [-0.4, -0.2) is 24.9 Å². The smallest absolute Gasteiger partial charge is 0.126 e. The number of hydrogen-bond donors (Lipinski definition) is 0. The lowest BCUT2D eigenvalue weighted by atomic mass is 9.94. The number of benzene rings is 1. The largest absolute Gasteiger partial charge is 0.491 e. The van der Waals surface area contributed by atoms with E-state index < -0.39 is 0 Å². The lowest BCUT2D eigenvalue weighted by Crippen LogP contribution is -2.32. The van der Waals surface area contributed by atoms with E-state index in [1.807, 2.05) is 12.1 Å². The van der Waals surface area contributed by atoms with Gasteiger partial charge >= 0.3 is 0 Å². The minimum Gasteiger partial charge on any atom is -0.491 e. The summed E-state index contributed by atoms with van der Waals surface area (Å²) in [5, 5.41) is 0. The van der Waals surface area contributed by atoms with E-state index >= 15 is 0 Å². The number of rotatable bonds is 3. The number of aryl methyl sites for hydroxylation is 1. The van der Waals surface area contributed by atoms with E-state index in [2.05, 4.69) is 19.9 Å². The van der Waals surface area contributed by atoms with Gasteiger partial charge in [-0.1, -0.05) is 6.07 Å². The van der Waals surface area contributed by atoms with Crippen molar-refractivity contribution in [1.29, 1.82) is 0 Å². The topological polar surface area (TPSA) is 31.0 Å². The van der Waals surface area contributed by atoms with Crippen LogP contribution < -0.4 is 9.47 Å². The molecule has 1 aromatic rings. The summed E-state index contributed by atoms with van der Waals surface area (Å²) in [4.78, 5) is 0. The maximum Gasteiger partial charge on any atom is 0.126 e. The van der Waals surface area contributed by atoms with Crippen molar-refractivity contribution in [1.82, 2.24) is 0 Å². The third-order valence-corrected chi connectivity index (χ3v) is 3.26. The summed E-state index contributed by atoms with van der Waals surface area (Å²) >= 11 is 0. The highest BCUT2D eigenvalue weighted by molar-refractivity contribution is 5.42. The lowest BCUT2D eigenvalue weighted by Gasteiger charge is -2.32. The van der Waals surface area contributed by atoms with Gasteiger partial charge in [-0.05, 0) is 38.3 Å². The van der Waals surface area contributed by atoms with Gasteiger partial charge in [0.25, 0.3) is 0 Å². The molecule has 2 aliphatic rings. The van der Waals surface area contributed by atoms with Gasteiger partial charge in [0.1, 0.15) is 29.8 Å². The van der Waals surface area contributed by atoms with Gasteiger partial charge in [-0.2, -0.15) is 0 Å². The summed E-state index contributed by atoms with van der Waals surface area (Å²) in [7, 11) is 0. The summed E-state index contributed by atoms with van der Waals surface area (Å²) in [6, 6.07) is 6.12. The minimum atomic E-state index is -0.0643. The molecule has 0 saturated carbocycles. The van der Waals surface area contributed by atoms with Crippen molar-refractivity contribution in [2.45, 2.75) is 38.4 Å². The first-order valence-electron chi connectivity index (χ1n) is 6.19. The molecular weight excluding hydrogens is 216 g/mol. The van der Waals surface area contributed by atoms with E-state index in [1.165, 1.54) is 5.56 Å². The van der Waals surface area contributed by atoms with Crippen LogP contribution in [0, 0.1) is 0 Å². The molecule has 1 saturated heterocycles. The average Bonchev–Trinajstić information content (AvgIpc) is 3.08. The molecule has 0 bridgehead atoms. The van der Waals surface area contributed by atoms with Gasteiger partial charge in [0.15, 0.2) is 0 Å². The first-order valence-corrected chi connectivity index (χ1v) is 6.19. The van der Waals surface area contributed by atoms with Crippen molar-refractivity contribution in [3.8, 4) is 11.5 Å². The molecule has 0 aliphatic carbocycles. The van der Waals surface area contributed by atoms with Crippen molar-refractivity contribution >= 4 is 0 Å². The van der Waals surface area contributed by atoms with Crippen molar-refractivity contribution in [3.63, 3.8) is 0 Å². The zero-order chi connectivity index (χ0) is 11.9. The zero-order valence-corrected chi connectivity index (χ0v) is 10.4. The van der Waals surface area contributed by atoms with Crippen LogP contribution in [0.4, 0.5) is 0 Å². The molecule has 0 spiro atoms. The molecule has 0 radical (unpaired) electrons. The normalized spacial score (nSPS) is 24.7. The van der Waals surface area contributed by atoms with Crippen LogP contribution in [0.15, 0.2) is 18.2 Å². The fraction of sp³-hybridized carbons (Fsp3) is 0.571. The van der Waals surface area contributed by atoms with Crippen molar-refractivity contribution in [2.24, 2.45) is 0 Å². The van der Waals surface area contributed by atoms with Crippen LogP contribution in [0.2, 0.25) is 0 Å². The Morgan fingerprint density at radius 2 is 2.24 bits per heavy atom. The van der Waals surface area contributed by atoms with Crippen LogP contribution in [0.1, 0.15) is 25.8 Å². The van der Waals surface area contributed by atoms with Gasteiger partial charge in [-0.15, -0.1) is 0 Å². The van der Waals surface area contributed by atoms with E-state index in [0.29, 0.717) is 12.7 Å². The molecular formula is C14H18O3. The number of ether oxygens (including phenoxy) is 3. The zero-order valence-electron chi connectivity index (χ0n) is 10.4. The third-order valence-electron chi connectivity index (χ3n) is 3.26. The van der Waals surface area contributed by atoms with Crippen LogP contribution in [-0.2, 0) is 11.2 Å². The molecule has 0 N–H and O–H groups in total. The highest BCUT2D eigenvalue weighted by atomic mass is 16.6. The SMILES string of the molecule is CC1(C)CCc2ccc(OCC3CO3)cc2O1. The second kappa shape index (κ2) is 3.91. The van der Waals surface area contributed by atoms with Gasteiger partial charge in [0.2, 0.25) is 0 Å². The van der Waals surface area contributed by atoms with Gasteiger partial charge in [0.05, 0.1) is 6.61 Å². The Labute approximate surface area is 102 Å². The molecule has 3 heteroatoms. The van der Waals surface area contributed by atoms with E-state index in [-0.39, 0.29) is 5.60 Å². The van der Waals surface area contributed by atoms with Crippen LogP contribution in [0.3, 0.4) is 0 Å². The maximum atomic E-state index is 5.97. The molecule has 2 heterocycles. The molecule has 0 amide bonds. The Balaban J connectivity index is 1.74. The van der Waals surface area contributed by atoms with Crippen molar-refractivity contribution in [2.75, 3.05) is 13.2 Å². The minimum absolute atomic E-state index is 0.0643. The van der Waals surface area contributed by atoms with Gasteiger partial charge < -0.3 is 14.2 Å².